The van der Waals surface area contributed by atoms with Crippen molar-refractivity contribution in [3.05, 3.63) is 52.3 Å². The first kappa shape index (κ1) is 15.3. The van der Waals surface area contributed by atoms with Gasteiger partial charge in [-0.25, -0.2) is 0 Å². The van der Waals surface area contributed by atoms with Crippen molar-refractivity contribution in [2.75, 3.05) is 0 Å². The summed E-state index contributed by atoms with van der Waals surface area (Å²) < 4.78 is 6.99. The number of carbonyl (C=O) groups is 1. The molecule has 0 amide bonds. The van der Waals surface area contributed by atoms with Crippen molar-refractivity contribution < 1.29 is 9.53 Å². The van der Waals surface area contributed by atoms with E-state index < -0.39 is 10.8 Å². The van der Waals surface area contributed by atoms with Gasteiger partial charge in [-0.1, -0.05) is 0 Å². The highest BCUT2D eigenvalue weighted by atomic mass is 35.5. The van der Waals surface area contributed by atoms with Crippen LogP contribution >= 0.6 is 11.6 Å². The third-order valence-electron chi connectivity index (χ3n) is 3.04. The number of benzene rings is 1. The van der Waals surface area contributed by atoms with Gasteiger partial charge in [0.15, 0.2) is 0 Å². The topological polar surface area (TPSA) is 48.3 Å². The Morgan fingerprint density at radius 1 is 1.14 bits per heavy atom. The Morgan fingerprint density at radius 2 is 1.76 bits per heavy atom. The lowest BCUT2D eigenvalue weighted by Crippen LogP contribution is -2.23. The molecule has 2 aromatic rings. The number of hydrogen-bond acceptors (Lipinski definition) is 3. The van der Waals surface area contributed by atoms with Crippen molar-refractivity contribution in [1.82, 2.24) is 4.57 Å². The van der Waals surface area contributed by atoms with E-state index in [9.17, 15) is 9.59 Å². The summed E-state index contributed by atoms with van der Waals surface area (Å²) in [5.41, 5.74) is 1.13. The summed E-state index contributed by atoms with van der Waals surface area (Å²) in [4.78, 5) is 23.2. The van der Waals surface area contributed by atoms with E-state index in [-0.39, 0.29) is 11.7 Å². The number of halogens is 1. The molecule has 0 radical (unpaired) electrons. The van der Waals surface area contributed by atoms with E-state index in [1.54, 1.807) is 13.1 Å². The van der Waals surface area contributed by atoms with Gasteiger partial charge in [0.1, 0.15) is 5.75 Å². The number of aromatic nitrogens is 1. The number of hydrogen-bond donors (Lipinski definition) is 0. The molecule has 0 saturated carbocycles. The highest BCUT2D eigenvalue weighted by Crippen LogP contribution is 2.22. The van der Waals surface area contributed by atoms with Gasteiger partial charge in [-0.15, -0.1) is 0 Å². The molecule has 110 valence electrons. The molecule has 4 nitrogen and oxygen atoms in total. The maximum absolute atomic E-state index is 12.0. The number of nitrogens with zero attached hydrogens (tertiary/aromatic N) is 1. The molecule has 0 N–H and O–H groups in total. The Labute approximate surface area is 127 Å². The van der Waals surface area contributed by atoms with Crippen LogP contribution in [0.1, 0.15) is 24.2 Å². The van der Waals surface area contributed by atoms with E-state index in [4.69, 9.17) is 16.3 Å². The fourth-order valence-corrected chi connectivity index (χ4v) is 2.20. The zero-order chi connectivity index (χ0) is 15.6. The van der Waals surface area contributed by atoms with Crippen LogP contribution < -0.4 is 10.3 Å². The molecule has 5 heteroatoms. The molecule has 0 fully saturated rings. The molecule has 0 aliphatic heterocycles. The Balaban J connectivity index is 2.41. The van der Waals surface area contributed by atoms with E-state index in [0.717, 1.165) is 11.3 Å². The number of carbonyl (C=O) groups excluding carboxylic acids is 1. The van der Waals surface area contributed by atoms with Gasteiger partial charge in [-0.3, -0.25) is 9.59 Å². The Hall–Kier alpha value is -2.07. The first-order valence-corrected chi connectivity index (χ1v) is 6.95. The highest BCUT2D eigenvalue weighted by Gasteiger charge is 2.12. The molecule has 21 heavy (non-hydrogen) atoms. The van der Waals surface area contributed by atoms with Crippen molar-refractivity contribution in [2.45, 2.75) is 20.0 Å². The minimum absolute atomic E-state index is 0.0253. The molecule has 0 atom stereocenters. The van der Waals surface area contributed by atoms with Crippen molar-refractivity contribution in [3.8, 4) is 17.0 Å². The molecule has 0 aliphatic rings. The van der Waals surface area contributed by atoms with Gasteiger partial charge in [0.25, 0.3) is 10.8 Å². The normalized spacial score (nSPS) is 10.7. The summed E-state index contributed by atoms with van der Waals surface area (Å²) in [6, 6.07) is 10.6. The minimum Gasteiger partial charge on any atom is -0.491 e. The number of rotatable bonds is 4. The van der Waals surface area contributed by atoms with E-state index >= 15 is 0 Å². The van der Waals surface area contributed by atoms with Gasteiger partial charge in [-0.05, 0) is 67.4 Å². The quantitative estimate of drug-likeness (QED) is 0.815. The summed E-state index contributed by atoms with van der Waals surface area (Å²) in [6.45, 7) is 3.92. The molecule has 2 rings (SSSR count). The average molecular weight is 306 g/mol. The second-order valence-corrected chi connectivity index (χ2v) is 5.30. The maximum atomic E-state index is 12.0. The molecule has 0 unspecified atom stereocenters. The lowest BCUT2D eigenvalue weighted by Gasteiger charge is -2.12. The van der Waals surface area contributed by atoms with Gasteiger partial charge < -0.3 is 9.30 Å². The predicted octanol–water partition coefficient (Wildman–Crippen LogP) is 3.22. The van der Waals surface area contributed by atoms with E-state index in [2.05, 4.69) is 0 Å². The second kappa shape index (κ2) is 6.14. The van der Waals surface area contributed by atoms with Crippen LogP contribution in [0.15, 0.2) is 41.2 Å². The third kappa shape index (κ3) is 3.34. The van der Waals surface area contributed by atoms with Crippen LogP contribution in [0.2, 0.25) is 0 Å². The molecule has 1 aromatic carbocycles. The summed E-state index contributed by atoms with van der Waals surface area (Å²) in [6.07, 6.45) is 0.106. The van der Waals surface area contributed by atoms with Crippen LogP contribution in [0, 0.1) is 0 Å². The SMILES string of the molecule is CC(C)Oc1ccc(-c2ccc(C(=O)Cl)c(=O)n2C)cc1. The molecular formula is C16H16ClNO3. The zero-order valence-corrected chi connectivity index (χ0v) is 12.8. The number of pyridine rings is 1. The van der Waals surface area contributed by atoms with Crippen LogP contribution in [0.5, 0.6) is 5.75 Å². The van der Waals surface area contributed by atoms with Crippen LogP contribution in [0.3, 0.4) is 0 Å². The highest BCUT2D eigenvalue weighted by molar-refractivity contribution is 6.67. The molecular weight excluding hydrogens is 290 g/mol. The van der Waals surface area contributed by atoms with Gasteiger partial charge in [0.05, 0.1) is 17.4 Å². The molecule has 0 saturated heterocycles. The lowest BCUT2D eigenvalue weighted by atomic mass is 10.1. The summed E-state index contributed by atoms with van der Waals surface area (Å²) in [5.74, 6) is 0.770. The molecule has 0 bridgehead atoms. The van der Waals surface area contributed by atoms with E-state index in [1.165, 1.54) is 10.6 Å². The van der Waals surface area contributed by atoms with Crippen molar-refractivity contribution in [3.63, 3.8) is 0 Å². The monoisotopic (exact) mass is 305 g/mol. The van der Waals surface area contributed by atoms with Crippen molar-refractivity contribution >= 4 is 16.8 Å². The first-order chi connectivity index (χ1) is 9.90. The Morgan fingerprint density at radius 3 is 2.29 bits per heavy atom. The summed E-state index contributed by atoms with van der Waals surface area (Å²) >= 11 is 5.38. The fraction of sp³-hybridized carbons (Fsp3) is 0.250. The molecule has 0 spiro atoms. The van der Waals surface area contributed by atoms with Crippen LogP contribution in [-0.4, -0.2) is 15.9 Å². The van der Waals surface area contributed by atoms with Crippen LogP contribution in [0.4, 0.5) is 0 Å². The Kier molecular flexibility index (Phi) is 4.48. The van der Waals surface area contributed by atoms with Crippen LogP contribution in [0.25, 0.3) is 11.3 Å². The third-order valence-corrected chi connectivity index (χ3v) is 3.24. The average Bonchev–Trinajstić information content (AvgIpc) is 2.42. The maximum Gasteiger partial charge on any atom is 0.262 e. The smallest absolute Gasteiger partial charge is 0.262 e. The molecule has 0 aliphatic carbocycles. The first-order valence-electron chi connectivity index (χ1n) is 6.57. The predicted molar refractivity (Wildman–Crippen MR) is 83.1 cm³/mol. The largest absolute Gasteiger partial charge is 0.491 e. The van der Waals surface area contributed by atoms with Gasteiger partial charge in [0.2, 0.25) is 0 Å². The number of ether oxygens (including phenoxy) is 1. The molecule has 1 aromatic heterocycles. The van der Waals surface area contributed by atoms with Crippen molar-refractivity contribution in [1.29, 1.82) is 0 Å². The van der Waals surface area contributed by atoms with E-state index in [1.807, 2.05) is 38.1 Å². The van der Waals surface area contributed by atoms with Crippen LogP contribution in [-0.2, 0) is 7.05 Å². The van der Waals surface area contributed by atoms with Crippen molar-refractivity contribution in [2.24, 2.45) is 7.05 Å². The van der Waals surface area contributed by atoms with Gasteiger partial charge >= 0.3 is 0 Å². The van der Waals surface area contributed by atoms with E-state index in [0.29, 0.717) is 5.69 Å². The summed E-state index contributed by atoms with van der Waals surface area (Å²) in [5, 5.41) is -0.747. The minimum atomic E-state index is -0.747. The van der Waals surface area contributed by atoms with Gasteiger partial charge in [0, 0.05) is 7.05 Å². The fourth-order valence-electron chi connectivity index (χ4n) is 2.05. The molecule has 1 heterocycles. The second-order valence-electron chi connectivity index (χ2n) is 4.96. The zero-order valence-electron chi connectivity index (χ0n) is 12.1. The Bertz CT molecular complexity index is 717. The van der Waals surface area contributed by atoms with Gasteiger partial charge in [-0.2, -0.15) is 0 Å². The summed E-state index contributed by atoms with van der Waals surface area (Å²) in [7, 11) is 1.61. The lowest BCUT2D eigenvalue weighted by molar-refractivity contribution is 0.107. The standard InChI is InChI=1S/C16H16ClNO3/c1-10(2)21-12-6-4-11(5-7-12)14-9-8-13(15(17)19)16(20)18(14)3/h4-10H,1-3H3.